The van der Waals surface area contributed by atoms with Gasteiger partial charge in [-0.05, 0) is 137 Å². The number of thioether (sulfide) groups is 1. The molecule has 0 aliphatic carbocycles. The fraction of sp³-hybridized carbons (Fsp3) is 0.364. The summed E-state index contributed by atoms with van der Waals surface area (Å²) in [5, 5.41) is 46.1. The molecule has 7 rings (SSSR count). The number of rotatable bonds is 28. The van der Waals surface area contributed by atoms with Crippen LogP contribution in [-0.4, -0.2) is 153 Å². The summed E-state index contributed by atoms with van der Waals surface area (Å²) in [6.07, 6.45) is 2.78. The summed E-state index contributed by atoms with van der Waals surface area (Å²) in [6.45, 7) is 7.21. The van der Waals surface area contributed by atoms with Crippen molar-refractivity contribution in [2.24, 2.45) is 0 Å². The van der Waals surface area contributed by atoms with Gasteiger partial charge in [0.1, 0.15) is 11.4 Å². The molecule has 1 aliphatic heterocycles. The number of hydrogen-bond donors (Lipinski definition) is 7. The average Bonchev–Trinajstić information content (AvgIpc) is 3.80. The van der Waals surface area contributed by atoms with Gasteiger partial charge in [0.25, 0.3) is 21.6 Å². The highest BCUT2D eigenvalue weighted by atomic mass is 35.5. The number of benzene rings is 5. The Hall–Kier alpha value is -6.16. The van der Waals surface area contributed by atoms with Gasteiger partial charge in [0.2, 0.25) is 0 Å². The van der Waals surface area contributed by atoms with Crippen molar-refractivity contribution in [3.63, 3.8) is 0 Å². The van der Waals surface area contributed by atoms with Crippen LogP contribution < -0.4 is 26.0 Å². The van der Waals surface area contributed by atoms with E-state index in [1.54, 1.807) is 36.0 Å². The number of piperazine rings is 1. The number of likely N-dealkylation sites (N-methyl/N-ethyl adjacent to an activating group) is 1. The number of aliphatic hydroxyl groups excluding tert-OH is 2. The number of sulfonamides is 1. The van der Waals surface area contributed by atoms with E-state index in [0.29, 0.717) is 48.3 Å². The molecule has 20 heteroatoms. The predicted octanol–water partition coefficient (Wildman–Crippen LogP) is 8.34. The Morgan fingerprint density at radius 2 is 1.47 bits per heavy atom. The number of nitro groups is 1. The maximum Gasteiger partial charge on any atom is 0.293 e. The molecule has 400 valence electrons. The van der Waals surface area contributed by atoms with E-state index in [9.17, 15) is 33.5 Å². The molecule has 1 amide bonds. The second-order valence-electron chi connectivity index (χ2n) is 19.0. The third-order valence-corrected chi connectivity index (χ3v) is 15.7. The fourth-order valence-corrected chi connectivity index (χ4v) is 10.9. The lowest BCUT2D eigenvalue weighted by Gasteiger charge is -2.32. The number of aromatic nitrogens is 1. The van der Waals surface area contributed by atoms with Crippen LogP contribution in [-0.2, 0) is 16.6 Å². The third kappa shape index (κ3) is 16.7. The van der Waals surface area contributed by atoms with E-state index in [1.165, 1.54) is 12.1 Å². The zero-order valence-electron chi connectivity index (χ0n) is 42.8. The van der Waals surface area contributed by atoms with Crippen LogP contribution >= 0.6 is 23.4 Å². The molecule has 6 aromatic rings. The van der Waals surface area contributed by atoms with Gasteiger partial charge in [-0.2, -0.15) is 0 Å². The van der Waals surface area contributed by atoms with Crippen molar-refractivity contribution in [2.75, 3.05) is 113 Å². The fourth-order valence-electron chi connectivity index (χ4n) is 8.69. The Kier molecular flexibility index (Phi) is 20.8. The van der Waals surface area contributed by atoms with E-state index < -0.39 is 21.1 Å². The maximum absolute atomic E-state index is 14.2. The standard InChI is InChI=1S/C55H69ClN10O7S2/c1-62(2)30-24-46(39-74-48-8-5-4-6-9-48)60-51-23-22-49(36-52(51)66(70)71)75(72,73)61-45-20-18-44(19-21-45)58-28-27-57-43-16-12-41(13-17-43)53-50(40-10-14-42(56)15-11-40)37-65(31-25-47(68)38-67)54(53)55(69)59-26-7-29-64-34-32-63(3)33-35-64/h4-6,8-23,36-37,46-47,57-58,60-61,67-68H,7,24-35,38-39H2,1-3H3,(H,59,69)/t46-,47+/m1/s1. The number of carbonyl (C=O) groups is 1. The number of hydrogen-bond acceptors (Lipinski definition) is 14. The van der Waals surface area contributed by atoms with Crippen LogP contribution in [0, 0.1) is 10.1 Å². The smallest absolute Gasteiger partial charge is 0.293 e. The summed E-state index contributed by atoms with van der Waals surface area (Å²) in [7, 11) is 1.89. The number of nitrogens with one attached hydrogen (secondary N) is 5. The molecule has 1 saturated heterocycles. The molecular weight excluding hydrogens is 1010 g/mol. The molecule has 1 fully saturated rings. The van der Waals surface area contributed by atoms with Crippen LogP contribution in [0.25, 0.3) is 22.3 Å². The van der Waals surface area contributed by atoms with Gasteiger partial charge in [-0.3, -0.25) is 19.6 Å². The first-order valence-electron chi connectivity index (χ1n) is 25.2. The largest absolute Gasteiger partial charge is 0.394 e. The van der Waals surface area contributed by atoms with E-state index in [-0.39, 0.29) is 41.2 Å². The van der Waals surface area contributed by atoms with Gasteiger partial charge in [0, 0.05) is 115 Å². The van der Waals surface area contributed by atoms with E-state index in [1.807, 2.05) is 104 Å². The molecular formula is C55H69ClN10O7S2. The first-order chi connectivity index (χ1) is 36.1. The van der Waals surface area contributed by atoms with Crippen molar-refractivity contribution in [3.8, 4) is 22.3 Å². The highest BCUT2D eigenvalue weighted by molar-refractivity contribution is 7.99. The van der Waals surface area contributed by atoms with Gasteiger partial charge < -0.3 is 50.7 Å². The number of nitro benzene ring substituents is 1. The maximum atomic E-state index is 14.2. The number of aliphatic hydroxyl groups is 2. The van der Waals surface area contributed by atoms with Crippen molar-refractivity contribution >= 4 is 67.7 Å². The minimum atomic E-state index is -4.18. The Labute approximate surface area is 449 Å². The zero-order valence-corrected chi connectivity index (χ0v) is 45.1. The van der Waals surface area contributed by atoms with Gasteiger partial charge >= 0.3 is 0 Å². The normalized spacial score (nSPS) is 14.1. The van der Waals surface area contributed by atoms with Crippen LogP contribution in [0.1, 0.15) is 29.8 Å². The van der Waals surface area contributed by atoms with Crippen LogP contribution in [0.2, 0.25) is 5.02 Å². The van der Waals surface area contributed by atoms with E-state index in [2.05, 4.69) is 47.7 Å². The lowest BCUT2D eigenvalue weighted by Crippen LogP contribution is -2.45. The van der Waals surface area contributed by atoms with Crippen LogP contribution in [0.15, 0.2) is 137 Å². The average molecular weight is 1080 g/mol. The van der Waals surface area contributed by atoms with Gasteiger partial charge in [-0.15, -0.1) is 11.8 Å². The molecule has 1 aliphatic rings. The molecule has 2 heterocycles. The van der Waals surface area contributed by atoms with E-state index in [4.69, 9.17) is 11.6 Å². The van der Waals surface area contributed by atoms with Gasteiger partial charge in [0.05, 0.1) is 22.5 Å². The SMILES string of the molecule is CN(C)CC[C@H](CSc1ccccc1)Nc1ccc(S(=O)(=O)Nc2ccc(NCCNc3ccc(-c4c(-c5ccc(Cl)cc5)cn(CC[C@H](O)CO)c4C(=O)NCCCN4CCN(C)CC4)cc3)cc2)cc1[N+](=O)[O-]. The molecule has 75 heavy (non-hydrogen) atoms. The quantitative estimate of drug-likeness (QED) is 0.0107. The Morgan fingerprint density at radius 1 is 0.827 bits per heavy atom. The molecule has 0 spiro atoms. The Balaban J connectivity index is 0.969. The predicted molar refractivity (Wildman–Crippen MR) is 304 cm³/mol. The lowest BCUT2D eigenvalue weighted by molar-refractivity contribution is -0.384. The molecule has 0 radical (unpaired) electrons. The van der Waals surface area contributed by atoms with Gasteiger partial charge in [0.15, 0.2) is 0 Å². The topological polar surface area (TPSA) is 210 Å². The summed E-state index contributed by atoms with van der Waals surface area (Å²) in [6, 6.07) is 35.8. The summed E-state index contributed by atoms with van der Waals surface area (Å²) >= 11 is 7.95. The Bertz CT molecular complexity index is 2890. The highest BCUT2D eigenvalue weighted by Gasteiger charge is 2.26. The minimum Gasteiger partial charge on any atom is -0.394 e. The van der Waals surface area contributed by atoms with Gasteiger partial charge in [-0.1, -0.05) is 54.1 Å². The van der Waals surface area contributed by atoms with Crippen LogP contribution in [0.5, 0.6) is 0 Å². The molecule has 7 N–H and O–H groups in total. The summed E-state index contributed by atoms with van der Waals surface area (Å²) < 4.78 is 31.5. The molecule has 0 unspecified atom stereocenters. The van der Waals surface area contributed by atoms with Crippen molar-refractivity contribution < 1.29 is 28.3 Å². The van der Waals surface area contributed by atoms with Crippen molar-refractivity contribution in [1.29, 1.82) is 0 Å². The number of amides is 1. The molecule has 0 saturated carbocycles. The number of carbonyl (C=O) groups excluding carboxylic acids is 1. The second-order valence-corrected chi connectivity index (χ2v) is 22.2. The first-order valence-corrected chi connectivity index (χ1v) is 28.1. The lowest BCUT2D eigenvalue weighted by atomic mass is 9.96. The Morgan fingerprint density at radius 3 is 2.11 bits per heavy atom. The molecule has 5 aromatic carbocycles. The van der Waals surface area contributed by atoms with Crippen molar-refractivity contribution in [1.82, 2.24) is 24.6 Å². The monoisotopic (exact) mass is 1080 g/mol. The van der Waals surface area contributed by atoms with Crippen molar-refractivity contribution in [3.05, 3.63) is 148 Å². The van der Waals surface area contributed by atoms with E-state index in [0.717, 1.165) is 96.7 Å². The summed E-state index contributed by atoms with van der Waals surface area (Å²) in [4.78, 5) is 33.6. The van der Waals surface area contributed by atoms with Crippen LogP contribution in [0.3, 0.4) is 0 Å². The first kappa shape index (κ1) is 56.6. The number of halogens is 1. The molecule has 2 atom stereocenters. The summed E-state index contributed by atoms with van der Waals surface area (Å²) in [5.41, 5.74) is 5.56. The zero-order chi connectivity index (χ0) is 53.3. The number of nitrogens with zero attached hydrogens (tertiary/aromatic N) is 5. The van der Waals surface area contributed by atoms with Crippen molar-refractivity contribution in [2.45, 2.75) is 47.7 Å². The van der Waals surface area contributed by atoms with E-state index >= 15 is 0 Å². The second kappa shape index (κ2) is 27.6. The highest BCUT2D eigenvalue weighted by Crippen LogP contribution is 2.38. The molecule has 0 bridgehead atoms. The van der Waals surface area contributed by atoms with Gasteiger partial charge in [-0.25, -0.2) is 8.42 Å². The third-order valence-electron chi connectivity index (χ3n) is 12.9. The minimum absolute atomic E-state index is 0.123. The van der Waals surface area contributed by atoms with Crippen LogP contribution in [0.4, 0.5) is 28.4 Å². The number of anilines is 4. The molecule has 17 nitrogen and oxygen atoms in total. The number of aryl methyl sites for hydroxylation is 1. The molecule has 1 aromatic heterocycles. The summed E-state index contributed by atoms with van der Waals surface area (Å²) in [5.74, 6) is 0.431.